The van der Waals surface area contributed by atoms with E-state index in [2.05, 4.69) is 10.1 Å². The molecule has 0 amide bonds. The topological polar surface area (TPSA) is 68.0 Å². The standard InChI is InChI=1S/C13H8FN3O2/c14-8-3-1-4-9(7-8)17-12-10(5-2-6-15-12)11(16-17)13(18)19/h1-7H,(H,18,19). The fourth-order valence-electron chi connectivity index (χ4n) is 1.90. The van der Waals surface area contributed by atoms with Gasteiger partial charge in [0, 0.05) is 6.20 Å². The molecule has 0 aliphatic rings. The van der Waals surface area contributed by atoms with Crippen LogP contribution in [0, 0.1) is 5.82 Å². The van der Waals surface area contributed by atoms with Crippen LogP contribution in [0.2, 0.25) is 0 Å². The van der Waals surface area contributed by atoms with Crippen molar-refractivity contribution in [2.45, 2.75) is 0 Å². The highest BCUT2D eigenvalue weighted by molar-refractivity contribution is 6.00. The molecule has 0 fully saturated rings. The van der Waals surface area contributed by atoms with Crippen LogP contribution in [0.1, 0.15) is 10.5 Å². The molecule has 1 N–H and O–H groups in total. The summed E-state index contributed by atoms with van der Waals surface area (Å²) >= 11 is 0. The predicted molar refractivity (Wildman–Crippen MR) is 65.8 cm³/mol. The molecule has 19 heavy (non-hydrogen) atoms. The molecule has 6 heteroatoms. The molecule has 0 bridgehead atoms. The van der Waals surface area contributed by atoms with Crippen molar-refractivity contribution in [2.75, 3.05) is 0 Å². The smallest absolute Gasteiger partial charge is 0.357 e. The Morgan fingerprint density at radius 3 is 2.84 bits per heavy atom. The van der Waals surface area contributed by atoms with Gasteiger partial charge in [-0.05, 0) is 30.3 Å². The van der Waals surface area contributed by atoms with Gasteiger partial charge in [-0.15, -0.1) is 0 Å². The predicted octanol–water partition coefficient (Wildman–Crippen LogP) is 2.26. The second-order valence-corrected chi connectivity index (χ2v) is 3.92. The van der Waals surface area contributed by atoms with E-state index < -0.39 is 11.8 Å². The Morgan fingerprint density at radius 2 is 2.11 bits per heavy atom. The summed E-state index contributed by atoms with van der Waals surface area (Å²) in [5.74, 6) is -1.57. The summed E-state index contributed by atoms with van der Waals surface area (Å²) < 4.78 is 14.6. The summed E-state index contributed by atoms with van der Waals surface area (Å²) in [7, 11) is 0. The number of halogens is 1. The first kappa shape index (κ1) is 11.3. The van der Waals surface area contributed by atoms with Crippen LogP contribution >= 0.6 is 0 Å². The molecule has 0 aliphatic carbocycles. The molecule has 2 aromatic heterocycles. The number of benzene rings is 1. The largest absolute Gasteiger partial charge is 0.476 e. The Balaban J connectivity index is 2.33. The third-order valence-electron chi connectivity index (χ3n) is 2.70. The number of fused-ring (bicyclic) bond motifs is 1. The van der Waals surface area contributed by atoms with Crippen molar-refractivity contribution in [1.82, 2.24) is 14.8 Å². The molecule has 0 radical (unpaired) electrons. The third-order valence-corrected chi connectivity index (χ3v) is 2.70. The van der Waals surface area contributed by atoms with Crippen LogP contribution in [0.5, 0.6) is 0 Å². The fourth-order valence-corrected chi connectivity index (χ4v) is 1.90. The van der Waals surface area contributed by atoms with Crippen LogP contribution in [0.15, 0.2) is 42.6 Å². The average molecular weight is 257 g/mol. The number of carbonyl (C=O) groups is 1. The van der Waals surface area contributed by atoms with Crippen molar-refractivity contribution < 1.29 is 14.3 Å². The van der Waals surface area contributed by atoms with Gasteiger partial charge in [0.25, 0.3) is 0 Å². The van der Waals surface area contributed by atoms with Crippen LogP contribution in [0.4, 0.5) is 4.39 Å². The Morgan fingerprint density at radius 1 is 1.26 bits per heavy atom. The maximum Gasteiger partial charge on any atom is 0.357 e. The van der Waals surface area contributed by atoms with Gasteiger partial charge in [0.15, 0.2) is 11.3 Å². The van der Waals surface area contributed by atoms with Crippen LogP contribution in [-0.2, 0) is 0 Å². The zero-order valence-electron chi connectivity index (χ0n) is 9.62. The van der Waals surface area contributed by atoms with E-state index in [4.69, 9.17) is 5.11 Å². The molecule has 0 aliphatic heterocycles. The first-order valence-corrected chi connectivity index (χ1v) is 5.50. The number of hydrogen-bond acceptors (Lipinski definition) is 3. The van der Waals surface area contributed by atoms with Crippen molar-refractivity contribution in [3.8, 4) is 5.69 Å². The molecule has 0 atom stereocenters. The Kier molecular flexibility index (Phi) is 2.49. The summed E-state index contributed by atoms with van der Waals surface area (Å²) in [6.45, 7) is 0. The van der Waals surface area contributed by atoms with Crippen LogP contribution in [-0.4, -0.2) is 25.8 Å². The average Bonchev–Trinajstić information content (AvgIpc) is 2.78. The first-order chi connectivity index (χ1) is 9.16. The minimum atomic E-state index is -1.15. The number of rotatable bonds is 2. The van der Waals surface area contributed by atoms with Crippen LogP contribution in [0.3, 0.4) is 0 Å². The van der Waals surface area contributed by atoms with E-state index in [1.807, 2.05) is 0 Å². The van der Waals surface area contributed by atoms with Crippen LogP contribution < -0.4 is 0 Å². The molecule has 0 saturated heterocycles. The molecule has 0 spiro atoms. The van der Waals surface area contributed by atoms with Gasteiger partial charge < -0.3 is 5.11 Å². The normalized spacial score (nSPS) is 10.8. The highest BCUT2D eigenvalue weighted by Crippen LogP contribution is 2.20. The molecular weight excluding hydrogens is 249 g/mol. The van der Waals surface area contributed by atoms with Gasteiger partial charge in [-0.2, -0.15) is 5.10 Å². The summed E-state index contributed by atoms with van der Waals surface area (Å²) in [5.41, 5.74) is 0.703. The number of carboxylic acids is 1. The lowest BCUT2D eigenvalue weighted by Gasteiger charge is -2.01. The summed E-state index contributed by atoms with van der Waals surface area (Å²) in [6.07, 6.45) is 1.53. The minimum absolute atomic E-state index is 0.104. The first-order valence-electron chi connectivity index (χ1n) is 5.50. The van der Waals surface area contributed by atoms with Crippen molar-refractivity contribution in [3.63, 3.8) is 0 Å². The Labute approximate surface area is 106 Å². The second-order valence-electron chi connectivity index (χ2n) is 3.92. The highest BCUT2D eigenvalue weighted by Gasteiger charge is 2.17. The molecule has 2 heterocycles. The summed E-state index contributed by atoms with van der Waals surface area (Å²) in [5, 5.41) is 13.5. The van der Waals surface area contributed by atoms with Crippen molar-refractivity contribution in [1.29, 1.82) is 0 Å². The molecule has 0 unspecified atom stereocenters. The van der Waals surface area contributed by atoms with E-state index in [-0.39, 0.29) is 5.69 Å². The second kappa shape index (κ2) is 4.16. The monoisotopic (exact) mass is 257 g/mol. The van der Waals surface area contributed by atoms with Crippen molar-refractivity contribution >= 4 is 17.0 Å². The van der Waals surface area contributed by atoms with Crippen molar-refractivity contribution in [3.05, 3.63) is 54.1 Å². The van der Waals surface area contributed by atoms with Gasteiger partial charge in [-0.25, -0.2) is 18.9 Å². The quantitative estimate of drug-likeness (QED) is 0.764. The number of aromatic carboxylic acids is 1. The van der Waals surface area contributed by atoms with E-state index in [9.17, 15) is 9.18 Å². The third kappa shape index (κ3) is 1.83. The molecule has 1 aromatic carbocycles. The lowest BCUT2D eigenvalue weighted by molar-refractivity contribution is 0.0692. The van der Waals surface area contributed by atoms with Gasteiger partial charge in [-0.1, -0.05) is 6.07 Å². The minimum Gasteiger partial charge on any atom is -0.476 e. The molecular formula is C13H8FN3O2. The number of carboxylic acid groups (broad SMARTS) is 1. The maximum absolute atomic E-state index is 13.2. The maximum atomic E-state index is 13.2. The zero-order chi connectivity index (χ0) is 13.4. The Hall–Kier alpha value is -2.76. The van der Waals surface area contributed by atoms with E-state index >= 15 is 0 Å². The van der Waals surface area contributed by atoms with Crippen molar-refractivity contribution in [2.24, 2.45) is 0 Å². The van der Waals surface area contributed by atoms with Gasteiger partial charge in [-0.3, -0.25) is 0 Å². The lowest BCUT2D eigenvalue weighted by Crippen LogP contribution is -2.01. The number of nitrogens with zero attached hydrogens (tertiary/aromatic N) is 3. The summed E-state index contributed by atoms with van der Waals surface area (Å²) in [4.78, 5) is 15.3. The van der Waals surface area contributed by atoms with Crippen LogP contribution in [0.25, 0.3) is 16.7 Å². The fraction of sp³-hybridized carbons (Fsp3) is 0. The lowest BCUT2D eigenvalue weighted by atomic mass is 10.2. The van der Waals surface area contributed by atoms with Gasteiger partial charge in [0.2, 0.25) is 0 Å². The van der Waals surface area contributed by atoms with E-state index in [1.165, 1.54) is 29.1 Å². The zero-order valence-corrected chi connectivity index (χ0v) is 9.62. The van der Waals surface area contributed by atoms with E-state index in [1.54, 1.807) is 18.2 Å². The SMILES string of the molecule is O=C(O)c1nn(-c2cccc(F)c2)c2ncccc12. The van der Waals surface area contributed by atoms with E-state index in [0.717, 1.165) is 0 Å². The van der Waals surface area contributed by atoms with Gasteiger partial charge in [0.1, 0.15) is 5.82 Å². The highest BCUT2D eigenvalue weighted by atomic mass is 19.1. The Bertz CT molecular complexity index is 782. The number of pyridine rings is 1. The molecule has 5 nitrogen and oxygen atoms in total. The number of aromatic nitrogens is 3. The van der Waals surface area contributed by atoms with E-state index in [0.29, 0.717) is 16.7 Å². The molecule has 94 valence electrons. The van der Waals surface area contributed by atoms with Gasteiger partial charge >= 0.3 is 5.97 Å². The number of hydrogen-bond donors (Lipinski definition) is 1. The molecule has 3 rings (SSSR count). The molecule has 0 saturated carbocycles. The molecule has 3 aromatic rings. The van der Waals surface area contributed by atoms with Gasteiger partial charge in [0.05, 0.1) is 11.1 Å². The summed E-state index contributed by atoms with van der Waals surface area (Å²) in [6, 6.07) is 8.99.